The molecule has 0 saturated heterocycles. The first-order valence-corrected chi connectivity index (χ1v) is 11.3. The Balaban J connectivity index is 1.33. The van der Waals surface area contributed by atoms with Crippen LogP contribution in [0.2, 0.25) is 0 Å². The van der Waals surface area contributed by atoms with E-state index in [0.29, 0.717) is 28.4 Å². The molecule has 0 saturated carbocycles. The zero-order valence-corrected chi connectivity index (χ0v) is 19.4. The first kappa shape index (κ1) is 23.0. The minimum atomic E-state index is -0.419. The second kappa shape index (κ2) is 10.6. The third kappa shape index (κ3) is 5.60. The highest BCUT2D eigenvalue weighted by atomic mass is 32.1. The highest BCUT2D eigenvalue weighted by Gasteiger charge is 2.13. The molecule has 172 valence electrons. The molecule has 1 heterocycles. The van der Waals surface area contributed by atoms with Crippen molar-refractivity contribution in [1.29, 1.82) is 0 Å². The number of ether oxygens (including phenoxy) is 3. The maximum atomic E-state index is 12.5. The Morgan fingerprint density at radius 2 is 1.59 bits per heavy atom. The van der Waals surface area contributed by atoms with Crippen LogP contribution in [0.25, 0.3) is 10.6 Å². The average molecular weight is 475 g/mol. The van der Waals surface area contributed by atoms with Crippen molar-refractivity contribution in [2.45, 2.75) is 6.42 Å². The molecular weight excluding hydrogens is 452 g/mol. The normalized spacial score (nSPS) is 10.4. The number of carbonyl (C=O) groups is 2. The molecule has 1 N–H and O–H groups in total. The Morgan fingerprint density at radius 1 is 0.882 bits per heavy atom. The molecule has 0 fully saturated rings. The molecule has 4 rings (SSSR count). The van der Waals surface area contributed by atoms with Gasteiger partial charge in [0.1, 0.15) is 22.3 Å². The number of thiazole rings is 1. The first-order chi connectivity index (χ1) is 16.6. The average Bonchev–Trinajstić information content (AvgIpc) is 3.33. The lowest BCUT2D eigenvalue weighted by atomic mass is 10.2. The number of amides is 1. The van der Waals surface area contributed by atoms with Gasteiger partial charge in [-0.2, -0.15) is 0 Å². The number of nitrogens with one attached hydrogen (secondary N) is 1. The minimum absolute atomic E-state index is 0.0545. The van der Waals surface area contributed by atoms with E-state index in [-0.39, 0.29) is 12.3 Å². The molecule has 1 amide bonds. The van der Waals surface area contributed by atoms with Gasteiger partial charge in [-0.1, -0.05) is 12.1 Å². The number of carbonyl (C=O) groups excluding carboxylic acids is 2. The third-order valence-corrected chi connectivity index (χ3v) is 5.85. The summed E-state index contributed by atoms with van der Waals surface area (Å²) in [6.45, 7) is 0. The van der Waals surface area contributed by atoms with Gasteiger partial charge in [0.2, 0.25) is 0 Å². The summed E-state index contributed by atoms with van der Waals surface area (Å²) in [5.41, 5.74) is 2.59. The van der Waals surface area contributed by atoms with Crippen LogP contribution in [0.3, 0.4) is 0 Å². The molecule has 0 aliphatic heterocycles. The van der Waals surface area contributed by atoms with Crippen molar-refractivity contribution < 1.29 is 23.8 Å². The topological polar surface area (TPSA) is 86.8 Å². The van der Waals surface area contributed by atoms with Crippen LogP contribution in [-0.2, 0) is 11.2 Å². The van der Waals surface area contributed by atoms with Crippen LogP contribution >= 0.6 is 11.3 Å². The number of anilines is 1. The van der Waals surface area contributed by atoms with Crippen LogP contribution in [0.4, 0.5) is 5.69 Å². The molecule has 0 unspecified atom stereocenters. The van der Waals surface area contributed by atoms with Gasteiger partial charge in [0.25, 0.3) is 5.91 Å². The van der Waals surface area contributed by atoms with Crippen LogP contribution in [-0.4, -0.2) is 31.1 Å². The quantitative estimate of drug-likeness (QED) is 0.278. The number of para-hydroxylation sites is 1. The fourth-order valence-electron chi connectivity index (χ4n) is 3.21. The molecule has 1 aromatic heterocycles. The second-order valence-electron chi connectivity index (χ2n) is 7.20. The maximum absolute atomic E-state index is 12.5. The van der Waals surface area contributed by atoms with E-state index in [1.807, 2.05) is 29.6 Å². The van der Waals surface area contributed by atoms with Gasteiger partial charge in [0, 0.05) is 16.6 Å². The van der Waals surface area contributed by atoms with Gasteiger partial charge in [-0.3, -0.25) is 9.59 Å². The number of hydrogen-bond acceptors (Lipinski definition) is 7. The zero-order chi connectivity index (χ0) is 23.9. The Labute approximate surface area is 201 Å². The van der Waals surface area contributed by atoms with E-state index in [1.165, 1.54) is 18.4 Å². The molecular formula is C26H22N2O5S. The van der Waals surface area contributed by atoms with E-state index < -0.39 is 5.97 Å². The maximum Gasteiger partial charge on any atom is 0.317 e. The monoisotopic (exact) mass is 474 g/mol. The van der Waals surface area contributed by atoms with Crippen molar-refractivity contribution in [2.75, 3.05) is 19.5 Å². The second-order valence-corrected chi connectivity index (χ2v) is 8.06. The highest BCUT2D eigenvalue weighted by molar-refractivity contribution is 7.13. The summed E-state index contributed by atoms with van der Waals surface area (Å²) < 4.78 is 15.8. The van der Waals surface area contributed by atoms with Crippen molar-refractivity contribution in [2.24, 2.45) is 0 Å². The largest absolute Gasteiger partial charge is 0.497 e. The van der Waals surface area contributed by atoms with E-state index in [4.69, 9.17) is 14.2 Å². The summed E-state index contributed by atoms with van der Waals surface area (Å²) in [6, 6.07) is 21.1. The summed E-state index contributed by atoms with van der Waals surface area (Å²) >= 11 is 1.46. The zero-order valence-electron chi connectivity index (χ0n) is 18.6. The SMILES string of the molecule is COc1ccc(-c2nc(CC(=O)Oc3ccc(NC(=O)c4ccccc4OC)cc3)cs2)cc1. The summed E-state index contributed by atoms with van der Waals surface area (Å²) in [5, 5.41) is 5.47. The molecule has 3 aromatic carbocycles. The molecule has 0 atom stereocenters. The van der Waals surface area contributed by atoms with Crippen molar-refractivity contribution in [3.63, 3.8) is 0 Å². The summed E-state index contributed by atoms with van der Waals surface area (Å²) in [4.78, 5) is 29.4. The molecule has 34 heavy (non-hydrogen) atoms. The molecule has 8 heteroatoms. The molecule has 0 aliphatic carbocycles. The van der Waals surface area contributed by atoms with Crippen molar-refractivity contribution in [3.8, 4) is 27.8 Å². The van der Waals surface area contributed by atoms with E-state index in [9.17, 15) is 9.59 Å². The van der Waals surface area contributed by atoms with E-state index in [2.05, 4.69) is 10.3 Å². The lowest BCUT2D eigenvalue weighted by Crippen LogP contribution is -2.13. The van der Waals surface area contributed by atoms with E-state index in [1.54, 1.807) is 55.6 Å². The highest BCUT2D eigenvalue weighted by Crippen LogP contribution is 2.26. The fraction of sp³-hybridized carbons (Fsp3) is 0.115. The standard InChI is InChI=1S/C26H22N2O5S/c1-31-20-11-7-17(8-12-20)26-28-19(16-34-26)15-24(29)33-21-13-9-18(10-14-21)27-25(30)22-5-3-4-6-23(22)32-2/h3-14,16H,15H2,1-2H3,(H,27,30). The van der Waals surface area contributed by atoms with E-state index >= 15 is 0 Å². The molecule has 0 radical (unpaired) electrons. The van der Waals surface area contributed by atoms with Gasteiger partial charge >= 0.3 is 5.97 Å². The van der Waals surface area contributed by atoms with Crippen molar-refractivity contribution in [1.82, 2.24) is 4.98 Å². The smallest absolute Gasteiger partial charge is 0.317 e. The van der Waals surface area contributed by atoms with Crippen LogP contribution in [0.15, 0.2) is 78.2 Å². The fourth-order valence-corrected chi connectivity index (χ4v) is 4.03. The summed E-state index contributed by atoms with van der Waals surface area (Å²) in [5.74, 6) is 0.930. The Kier molecular flexibility index (Phi) is 7.19. The number of benzene rings is 3. The molecule has 0 bridgehead atoms. The van der Waals surface area contributed by atoms with Crippen LogP contribution in [0.5, 0.6) is 17.2 Å². The number of esters is 1. The molecule has 4 aromatic rings. The number of nitrogens with zero attached hydrogens (tertiary/aromatic N) is 1. The van der Waals surface area contributed by atoms with Crippen molar-refractivity contribution >= 4 is 28.9 Å². The van der Waals surface area contributed by atoms with Crippen LogP contribution < -0.4 is 19.5 Å². The third-order valence-electron chi connectivity index (χ3n) is 4.91. The van der Waals surface area contributed by atoms with Crippen molar-refractivity contribution in [3.05, 3.63) is 89.4 Å². The molecule has 0 aliphatic rings. The predicted molar refractivity (Wildman–Crippen MR) is 131 cm³/mol. The molecule has 7 nitrogen and oxygen atoms in total. The summed E-state index contributed by atoms with van der Waals surface area (Å²) in [6.07, 6.45) is 0.0545. The number of methoxy groups -OCH3 is 2. The lowest BCUT2D eigenvalue weighted by molar-refractivity contribution is -0.133. The van der Waals surface area contributed by atoms with Gasteiger partial charge in [0.05, 0.1) is 31.9 Å². The van der Waals surface area contributed by atoms with Gasteiger partial charge in [-0.05, 0) is 60.7 Å². The van der Waals surface area contributed by atoms with Gasteiger partial charge < -0.3 is 19.5 Å². The minimum Gasteiger partial charge on any atom is -0.497 e. The Morgan fingerprint density at radius 3 is 2.29 bits per heavy atom. The predicted octanol–water partition coefficient (Wildman–Crippen LogP) is 5.23. The van der Waals surface area contributed by atoms with Gasteiger partial charge in [0.15, 0.2) is 0 Å². The van der Waals surface area contributed by atoms with Gasteiger partial charge in [-0.25, -0.2) is 4.98 Å². The summed E-state index contributed by atoms with van der Waals surface area (Å²) in [7, 11) is 3.13. The Hall–Kier alpha value is -4.17. The van der Waals surface area contributed by atoms with E-state index in [0.717, 1.165) is 16.3 Å². The number of rotatable bonds is 8. The first-order valence-electron chi connectivity index (χ1n) is 10.4. The van der Waals surface area contributed by atoms with Gasteiger partial charge in [-0.15, -0.1) is 11.3 Å². The van der Waals surface area contributed by atoms with Crippen LogP contribution in [0, 0.1) is 0 Å². The lowest BCUT2D eigenvalue weighted by Gasteiger charge is -2.09. The number of hydrogen-bond donors (Lipinski definition) is 1. The molecule has 0 spiro atoms. The Bertz CT molecular complexity index is 1280. The van der Waals surface area contributed by atoms with Crippen LogP contribution in [0.1, 0.15) is 16.1 Å². The number of aromatic nitrogens is 1.